The van der Waals surface area contributed by atoms with E-state index in [1.54, 1.807) is 38.8 Å². The van der Waals surface area contributed by atoms with E-state index in [9.17, 15) is 14.0 Å². The highest BCUT2D eigenvalue weighted by Gasteiger charge is 2.27. The molecule has 8 nitrogen and oxygen atoms in total. The first-order valence-corrected chi connectivity index (χ1v) is 16.1. The van der Waals surface area contributed by atoms with Crippen LogP contribution in [0, 0.1) is 11.7 Å². The average Bonchev–Trinajstić information content (AvgIpc) is 3.36. The summed E-state index contributed by atoms with van der Waals surface area (Å²) in [5, 5.41) is 1.18. The third-order valence-electron chi connectivity index (χ3n) is 8.86. The Morgan fingerprint density at radius 1 is 1.09 bits per heavy atom. The number of piperidine rings is 1. The van der Waals surface area contributed by atoms with Crippen LogP contribution in [0.25, 0.3) is 16.6 Å². The Kier molecular flexibility index (Phi) is 11.1. The number of rotatable bonds is 6. The Hall–Kier alpha value is -3.46. The molecule has 1 saturated heterocycles. The molecule has 1 aromatic carbocycles. The van der Waals surface area contributed by atoms with Crippen LogP contribution in [-0.2, 0) is 4.74 Å². The molecule has 2 fully saturated rings. The molecule has 2 amide bonds. The van der Waals surface area contributed by atoms with Crippen molar-refractivity contribution in [3.05, 3.63) is 59.8 Å². The number of nitrogens with zero attached hydrogens (tertiary/aromatic N) is 4. The maximum absolute atomic E-state index is 14.3. The van der Waals surface area contributed by atoms with Crippen molar-refractivity contribution in [3.8, 4) is 5.69 Å². The molecule has 5 rings (SSSR count). The van der Waals surface area contributed by atoms with Gasteiger partial charge in [0.25, 0.3) is 5.91 Å². The van der Waals surface area contributed by atoms with E-state index < -0.39 is 17.5 Å². The molecular formula is C35H50FN5O3. The van der Waals surface area contributed by atoms with E-state index in [1.807, 2.05) is 30.8 Å². The number of aromatic nitrogens is 2. The van der Waals surface area contributed by atoms with Gasteiger partial charge in [0, 0.05) is 37.4 Å². The van der Waals surface area contributed by atoms with Gasteiger partial charge in [-0.15, -0.1) is 0 Å². The molecule has 0 spiro atoms. The van der Waals surface area contributed by atoms with Crippen LogP contribution >= 0.6 is 0 Å². The molecule has 1 saturated carbocycles. The van der Waals surface area contributed by atoms with Crippen molar-refractivity contribution in [2.24, 2.45) is 11.7 Å². The van der Waals surface area contributed by atoms with Crippen LogP contribution in [0.1, 0.15) is 101 Å². The highest BCUT2D eigenvalue weighted by molar-refractivity contribution is 5.99. The van der Waals surface area contributed by atoms with Gasteiger partial charge in [-0.05, 0) is 115 Å². The van der Waals surface area contributed by atoms with Crippen LogP contribution < -0.4 is 5.73 Å². The number of halogens is 1. The monoisotopic (exact) mass is 607 g/mol. The number of hydrogen-bond acceptors (Lipinski definition) is 5. The molecule has 0 unspecified atom stereocenters. The standard InChI is InChI=1S/C30H39FN4O.C5H11NO2/c1-21(2)33(3)30(36)26-17-24(31)9-10-28(26)35-20-27(25-11-14-32-18-29(25)35)23-12-15-34(16-13-23)19-22-7-5-4-6-8-22;1-5(2,3)8-4(6)7/h9-11,14,17-18,20-23H,4-8,12-13,15-16,19H2,1-3H3;1-3H3,(H2,6,7). The molecule has 3 heterocycles. The van der Waals surface area contributed by atoms with Crippen LogP contribution in [0.5, 0.6) is 0 Å². The Balaban J connectivity index is 0.000000488. The van der Waals surface area contributed by atoms with E-state index in [0.29, 0.717) is 17.2 Å². The first kappa shape index (κ1) is 33.4. The summed E-state index contributed by atoms with van der Waals surface area (Å²) >= 11 is 0. The normalized spacial score (nSPS) is 16.9. The van der Waals surface area contributed by atoms with Gasteiger partial charge in [0.15, 0.2) is 0 Å². The van der Waals surface area contributed by atoms with Gasteiger partial charge in [-0.25, -0.2) is 9.18 Å². The highest BCUT2D eigenvalue weighted by Crippen LogP contribution is 2.37. The quantitative estimate of drug-likeness (QED) is 0.318. The molecule has 44 heavy (non-hydrogen) atoms. The summed E-state index contributed by atoms with van der Waals surface area (Å²) in [6.45, 7) is 12.7. The summed E-state index contributed by atoms with van der Waals surface area (Å²) < 4.78 is 20.9. The van der Waals surface area contributed by atoms with E-state index in [1.165, 1.54) is 61.7 Å². The number of carbonyl (C=O) groups is 2. The van der Waals surface area contributed by atoms with Gasteiger partial charge in [-0.1, -0.05) is 19.3 Å². The van der Waals surface area contributed by atoms with E-state index in [-0.39, 0.29) is 11.9 Å². The first-order valence-electron chi connectivity index (χ1n) is 16.1. The molecule has 0 radical (unpaired) electrons. The van der Waals surface area contributed by atoms with Crippen molar-refractivity contribution in [3.63, 3.8) is 0 Å². The zero-order valence-corrected chi connectivity index (χ0v) is 27.3. The number of amides is 2. The van der Waals surface area contributed by atoms with Crippen LogP contribution in [0.15, 0.2) is 42.9 Å². The number of benzene rings is 1. The topological polar surface area (TPSA) is 93.7 Å². The number of likely N-dealkylation sites (tertiary alicyclic amines) is 1. The van der Waals surface area contributed by atoms with E-state index in [0.717, 1.165) is 37.4 Å². The number of fused-ring (bicyclic) bond motifs is 1. The smallest absolute Gasteiger partial charge is 0.405 e. The van der Waals surface area contributed by atoms with E-state index >= 15 is 0 Å². The van der Waals surface area contributed by atoms with Crippen molar-refractivity contribution in [1.82, 2.24) is 19.4 Å². The van der Waals surface area contributed by atoms with Crippen LogP contribution in [0.2, 0.25) is 0 Å². The predicted molar refractivity (Wildman–Crippen MR) is 174 cm³/mol. The second kappa shape index (κ2) is 14.5. The summed E-state index contributed by atoms with van der Waals surface area (Å²) in [7, 11) is 1.77. The van der Waals surface area contributed by atoms with Gasteiger partial charge in [0.2, 0.25) is 0 Å². The Labute approximate surface area is 261 Å². The molecule has 2 aromatic heterocycles. The summed E-state index contributed by atoms with van der Waals surface area (Å²) in [5.41, 5.74) is 7.62. The first-order chi connectivity index (χ1) is 20.8. The third kappa shape index (κ3) is 8.58. The van der Waals surface area contributed by atoms with Gasteiger partial charge in [0.1, 0.15) is 11.4 Å². The van der Waals surface area contributed by atoms with Crippen molar-refractivity contribution in [2.45, 2.75) is 97.1 Å². The van der Waals surface area contributed by atoms with Crippen LogP contribution in [0.3, 0.4) is 0 Å². The number of nitrogens with two attached hydrogens (primary N) is 1. The number of hydrogen-bond donors (Lipinski definition) is 1. The minimum absolute atomic E-state index is 0.0195. The fourth-order valence-electron chi connectivity index (χ4n) is 6.40. The zero-order chi connectivity index (χ0) is 32.0. The van der Waals surface area contributed by atoms with Gasteiger partial charge >= 0.3 is 6.09 Å². The fourth-order valence-corrected chi connectivity index (χ4v) is 6.40. The van der Waals surface area contributed by atoms with Crippen LogP contribution in [-0.4, -0.2) is 69.7 Å². The third-order valence-corrected chi connectivity index (χ3v) is 8.86. The minimum atomic E-state index is -0.725. The fraction of sp³-hybridized carbons (Fsp3) is 0.571. The lowest BCUT2D eigenvalue weighted by Gasteiger charge is -2.35. The minimum Gasteiger partial charge on any atom is -0.444 e. The highest BCUT2D eigenvalue weighted by atomic mass is 19.1. The lowest BCUT2D eigenvalue weighted by molar-refractivity contribution is 0.0599. The maximum atomic E-state index is 14.3. The van der Waals surface area contributed by atoms with Crippen LogP contribution in [0.4, 0.5) is 9.18 Å². The molecule has 0 atom stereocenters. The molecule has 0 bridgehead atoms. The molecule has 2 N–H and O–H groups in total. The zero-order valence-electron chi connectivity index (χ0n) is 27.3. The molecule has 2 aliphatic rings. The van der Waals surface area contributed by atoms with Gasteiger partial charge in [-0.2, -0.15) is 0 Å². The molecule has 9 heteroatoms. The summed E-state index contributed by atoms with van der Waals surface area (Å²) in [4.78, 5) is 32.0. The molecule has 1 aliphatic heterocycles. The Morgan fingerprint density at radius 2 is 1.77 bits per heavy atom. The predicted octanol–water partition coefficient (Wildman–Crippen LogP) is 7.28. The lowest BCUT2D eigenvalue weighted by Crippen LogP contribution is -2.37. The van der Waals surface area contributed by atoms with Gasteiger partial charge in [-0.3, -0.25) is 9.78 Å². The van der Waals surface area contributed by atoms with Crippen molar-refractivity contribution >= 4 is 22.9 Å². The van der Waals surface area contributed by atoms with Crippen molar-refractivity contribution in [1.29, 1.82) is 0 Å². The van der Waals surface area contributed by atoms with Gasteiger partial charge < -0.3 is 24.8 Å². The lowest BCUT2D eigenvalue weighted by atomic mass is 9.86. The van der Waals surface area contributed by atoms with Crippen molar-refractivity contribution < 1.29 is 18.7 Å². The Bertz CT molecular complexity index is 1420. The number of pyridine rings is 1. The number of primary amides is 1. The van der Waals surface area contributed by atoms with Gasteiger partial charge in [0.05, 0.1) is 23.0 Å². The summed E-state index contributed by atoms with van der Waals surface area (Å²) in [6.07, 6.45) is 14.4. The Morgan fingerprint density at radius 3 is 2.36 bits per heavy atom. The summed E-state index contributed by atoms with van der Waals surface area (Å²) in [5.74, 6) is 0.764. The molecular weight excluding hydrogens is 557 g/mol. The molecule has 3 aromatic rings. The second-order valence-electron chi connectivity index (χ2n) is 13.6. The largest absolute Gasteiger partial charge is 0.444 e. The average molecular weight is 608 g/mol. The molecule has 240 valence electrons. The molecule has 1 aliphatic carbocycles. The van der Waals surface area contributed by atoms with Crippen molar-refractivity contribution in [2.75, 3.05) is 26.7 Å². The number of carbonyl (C=O) groups excluding carboxylic acids is 2. The van der Waals surface area contributed by atoms with E-state index in [2.05, 4.69) is 26.9 Å². The number of ether oxygens (including phenoxy) is 1. The second-order valence-corrected chi connectivity index (χ2v) is 13.6. The van der Waals surface area contributed by atoms with E-state index in [4.69, 9.17) is 5.73 Å². The summed E-state index contributed by atoms with van der Waals surface area (Å²) in [6, 6.07) is 6.63. The SMILES string of the molecule is CC(C)(C)OC(N)=O.CC(C)N(C)C(=O)c1cc(F)ccc1-n1cc(C2CCN(CC3CCCCC3)CC2)c2ccncc21. The maximum Gasteiger partial charge on any atom is 0.405 e.